The van der Waals surface area contributed by atoms with Gasteiger partial charge < -0.3 is 4.42 Å². The van der Waals surface area contributed by atoms with Crippen LogP contribution in [0.15, 0.2) is 97.8 Å². The van der Waals surface area contributed by atoms with Crippen molar-refractivity contribution in [1.82, 2.24) is 0 Å². The molecule has 0 aliphatic heterocycles. The monoisotopic (exact) mass is 334 g/mol. The average Bonchev–Trinajstić information content (AvgIpc) is 3.27. The van der Waals surface area contributed by atoms with E-state index < -0.39 is 0 Å². The van der Waals surface area contributed by atoms with Crippen molar-refractivity contribution in [3.05, 3.63) is 84.2 Å². The third kappa shape index (κ3) is 3.11. The van der Waals surface area contributed by atoms with Crippen LogP contribution in [0.1, 0.15) is 0 Å². The quantitative estimate of drug-likeness (QED) is 0.406. The van der Waals surface area contributed by atoms with Crippen molar-refractivity contribution in [3.8, 4) is 22.6 Å². The first-order valence-corrected chi connectivity index (χ1v) is 9.06. The highest BCUT2D eigenvalue weighted by Gasteiger charge is 2.15. The second-order valence-corrected chi connectivity index (χ2v) is 7.36. The minimum Gasteiger partial charge on any atom is -0.455 e. The molecule has 112 valence electrons. The molecule has 0 amide bonds. The molecule has 1 nitrogen and oxygen atoms in total. The van der Waals surface area contributed by atoms with Gasteiger partial charge in [0, 0.05) is 11.1 Å². The molecule has 0 unspecified atom stereocenters. The lowest BCUT2D eigenvalue weighted by molar-refractivity contribution is 0.592. The Kier molecular flexibility index (Phi) is 4.05. The first-order valence-electron chi connectivity index (χ1n) is 7.36. The summed E-state index contributed by atoms with van der Waals surface area (Å²) in [6, 6.07) is 26.9. The zero-order valence-corrected chi connectivity index (χ0v) is 13.9. The molecule has 23 heavy (non-hydrogen) atoms. The van der Waals surface area contributed by atoms with E-state index in [1.807, 2.05) is 36.4 Å². The van der Waals surface area contributed by atoms with Gasteiger partial charge in [-0.2, -0.15) is 0 Å². The Morgan fingerprint density at radius 3 is 2.09 bits per heavy atom. The van der Waals surface area contributed by atoms with Crippen LogP contribution >= 0.6 is 23.1 Å². The average molecular weight is 334 g/mol. The molecule has 3 heteroatoms. The van der Waals surface area contributed by atoms with Crippen molar-refractivity contribution >= 4 is 23.1 Å². The lowest BCUT2D eigenvalue weighted by Crippen LogP contribution is -1.75. The number of hydrogen-bond donors (Lipinski definition) is 0. The van der Waals surface area contributed by atoms with Gasteiger partial charge in [0.1, 0.15) is 11.5 Å². The Morgan fingerprint density at radius 2 is 1.43 bits per heavy atom. The largest absolute Gasteiger partial charge is 0.455 e. The number of furan rings is 1. The van der Waals surface area contributed by atoms with E-state index in [2.05, 4.69) is 47.8 Å². The topological polar surface area (TPSA) is 13.1 Å². The smallest absolute Gasteiger partial charge is 0.148 e. The molecule has 0 radical (unpaired) electrons. The summed E-state index contributed by atoms with van der Waals surface area (Å²) >= 11 is 3.50. The van der Waals surface area contributed by atoms with Crippen LogP contribution < -0.4 is 0 Å². The molecule has 0 aliphatic rings. The molecule has 0 spiro atoms. The Labute approximate surface area is 143 Å². The predicted molar refractivity (Wildman–Crippen MR) is 98.0 cm³/mol. The lowest BCUT2D eigenvalue weighted by atomic mass is 10.1. The van der Waals surface area contributed by atoms with Gasteiger partial charge in [0.05, 0.1) is 9.10 Å². The minimum atomic E-state index is 0.906. The first kappa shape index (κ1) is 14.4. The second kappa shape index (κ2) is 6.49. The Morgan fingerprint density at radius 1 is 0.739 bits per heavy atom. The first-order chi connectivity index (χ1) is 11.4. The van der Waals surface area contributed by atoms with Crippen LogP contribution in [0.25, 0.3) is 22.6 Å². The number of benzene rings is 2. The standard InChI is InChI=1S/C20H14OS2/c1-3-8-15(9-4-1)17-14-18(23-19-12-7-13-22-19)20(21-17)16-10-5-2-6-11-16/h1-14H. The van der Waals surface area contributed by atoms with Gasteiger partial charge in [-0.05, 0) is 17.5 Å². The Bertz CT molecular complexity index is 878. The molecule has 0 fully saturated rings. The van der Waals surface area contributed by atoms with Gasteiger partial charge >= 0.3 is 0 Å². The fourth-order valence-corrected chi connectivity index (χ4v) is 4.27. The molecule has 0 saturated heterocycles. The molecule has 0 aliphatic carbocycles. The Hall–Kier alpha value is -2.23. The third-order valence-electron chi connectivity index (χ3n) is 3.50. The molecular formula is C20H14OS2. The van der Waals surface area contributed by atoms with E-state index in [0.29, 0.717) is 0 Å². The van der Waals surface area contributed by atoms with Gasteiger partial charge in [0.2, 0.25) is 0 Å². The maximum atomic E-state index is 6.22. The van der Waals surface area contributed by atoms with Crippen molar-refractivity contribution in [1.29, 1.82) is 0 Å². The summed E-state index contributed by atoms with van der Waals surface area (Å²) in [7, 11) is 0. The summed E-state index contributed by atoms with van der Waals surface area (Å²) in [5.41, 5.74) is 2.21. The van der Waals surface area contributed by atoms with Crippen molar-refractivity contribution in [2.45, 2.75) is 9.10 Å². The fourth-order valence-electron chi connectivity index (χ4n) is 2.42. The second-order valence-electron chi connectivity index (χ2n) is 5.07. The Balaban J connectivity index is 1.80. The number of hydrogen-bond acceptors (Lipinski definition) is 3. The highest BCUT2D eigenvalue weighted by molar-refractivity contribution is 8.01. The number of thiophene rings is 1. The third-order valence-corrected chi connectivity index (χ3v) is 5.56. The zero-order valence-electron chi connectivity index (χ0n) is 12.3. The van der Waals surface area contributed by atoms with E-state index in [-0.39, 0.29) is 0 Å². The van der Waals surface area contributed by atoms with E-state index in [4.69, 9.17) is 4.42 Å². The van der Waals surface area contributed by atoms with Crippen LogP contribution in [0.4, 0.5) is 0 Å². The highest BCUT2D eigenvalue weighted by Crippen LogP contribution is 2.42. The number of rotatable bonds is 4. The van der Waals surface area contributed by atoms with Gasteiger partial charge in [0.15, 0.2) is 0 Å². The molecule has 4 aromatic rings. The molecule has 2 heterocycles. The molecule has 4 rings (SSSR count). The highest BCUT2D eigenvalue weighted by atomic mass is 32.2. The summed E-state index contributed by atoms with van der Waals surface area (Å²) in [6.45, 7) is 0. The van der Waals surface area contributed by atoms with E-state index in [9.17, 15) is 0 Å². The van der Waals surface area contributed by atoms with Gasteiger partial charge in [-0.1, -0.05) is 78.5 Å². The summed E-state index contributed by atoms with van der Waals surface area (Å²) in [4.78, 5) is 1.15. The van der Waals surface area contributed by atoms with Crippen LogP contribution in [0.5, 0.6) is 0 Å². The molecule has 0 N–H and O–H groups in total. The maximum absolute atomic E-state index is 6.22. The van der Waals surface area contributed by atoms with Crippen LogP contribution in [0.3, 0.4) is 0 Å². The lowest BCUT2D eigenvalue weighted by Gasteiger charge is -2.01. The van der Waals surface area contributed by atoms with Crippen molar-refractivity contribution < 1.29 is 4.42 Å². The summed E-state index contributed by atoms with van der Waals surface area (Å²) in [5, 5.41) is 2.10. The van der Waals surface area contributed by atoms with E-state index in [1.165, 1.54) is 4.21 Å². The molecule has 2 aromatic carbocycles. The van der Waals surface area contributed by atoms with Crippen LogP contribution in [-0.2, 0) is 0 Å². The maximum Gasteiger partial charge on any atom is 0.148 e. The summed E-state index contributed by atoms with van der Waals surface area (Å²) < 4.78 is 7.49. The van der Waals surface area contributed by atoms with E-state index in [1.54, 1.807) is 23.1 Å². The van der Waals surface area contributed by atoms with Crippen LogP contribution in [-0.4, -0.2) is 0 Å². The summed E-state index contributed by atoms with van der Waals surface area (Å²) in [6.07, 6.45) is 0. The molecule has 2 aromatic heterocycles. The van der Waals surface area contributed by atoms with E-state index in [0.717, 1.165) is 27.5 Å². The molecule has 0 bridgehead atoms. The van der Waals surface area contributed by atoms with E-state index >= 15 is 0 Å². The van der Waals surface area contributed by atoms with Crippen molar-refractivity contribution in [2.24, 2.45) is 0 Å². The normalized spacial score (nSPS) is 10.8. The SMILES string of the molecule is c1ccc(-c2cc(Sc3cccs3)c(-c3ccccc3)o2)cc1. The minimum absolute atomic E-state index is 0.906. The summed E-state index contributed by atoms with van der Waals surface area (Å²) in [5.74, 6) is 1.84. The van der Waals surface area contributed by atoms with Gasteiger partial charge in [-0.25, -0.2) is 0 Å². The predicted octanol–water partition coefficient (Wildman–Crippen LogP) is 6.83. The van der Waals surface area contributed by atoms with Crippen molar-refractivity contribution in [3.63, 3.8) is 0 Å². The fraction of sp³-hybridized carbons (Fsp3) is 0. The van der Waals surface area contributed by atoms with Crippen molar-refractivity contribution in [2.75, 3.05) is 0 Å². The molecular weight excluding hydrogens is 320 g/mol. The van der Waals surface area contributed by atoms with Gasteiger partial charge in [0.25, 0.3) is 0 Å². The van der Waals surface area contributed by atoms with Crippen LogP contribution in [0.2, 0.25) is 0 Å². The van der Waals surface area contributed by atoms with Crippen LogP contribution in [0, 0.1) is 0 Å². The molecule has 0 atom stereocenters. The zero-order chi connectivity index (χ0) is 15.5. The molecule has 0 saturated carbocycles. The van der Waals surface area contributed by atoms with Gasteiger partial charge in [-0.15, -0.1) is 11.3 Å². The van der Waals surface area contributed by atoms with Gasteiger partial charge in [-0.3, -0.25) is 0 Å².